The molecule has 1 N–H and O–H groups in total. The number of carbonyl (C=O) groups is 1. The second-order valence-electron chi connectivity index (χ2n) is 5.49. The second kappa shape index (κ2) is 6.39. The Morgan fingerprint density at radius 1 is 1.35 bits per heavy atom. The highest BCUT2D eigenvalue weighted by Gasteiger charge is 2.38. The number of hydrogen-bond acceptors (Lipinski definition) is 3. The van der Waals surface area contributed by atoms with Gasteiger partial charge in [-0.3, -0.25) is 4.79 Å². The highest BCUT2D eigenvalue weighted by molar-refractivity contribution is 5.71. The third kappa shape index (κ3) is 3.98. The zero-order valence-corrected chi connectivity index (χ0v) is 11.7. The lowest BCUT2D eigenvalue weighted by Crippen LogP contribution is -2.51. The molecule has 3 unspecified atom stereocenters. The van der Waals surface area contributed by atoms with Crippen LogP contribution in [0.3, 0.4) is 0 Å². The SMILES string of the molecule is CCNC1(CC(=O)OCC)CCC(C)C(C)C1. The predicted molar refractivity (Wildman–Crippen MR) is 69.8 cm³/mol. The lowest BCUT2D eigenvalue weighted by molar-refractivity contribution is -0.145. The molecule has 0 aliphatic heterocycles. The van der Waals surface area contributed by atoms with E-state index in [4.69, 9.17) is 4.74 Å². The van der Waals surface area contributed by atoms with Crippen molar-refractivity contribution in [3.8, 4) is 0 Å². The van der Waals surface area contributed by atoms with Crippen LogP contribution in [0, 0.1) is 11.8 Å². The van der Waals surface area contributed by atoms with E-state index in [-0.39, 0.29) is 11.5 Å². The molecule has 0 aromatic carbocycles. The molecule has 100 valence electrons. The van der Waals surface area contributed by atoms with Gasteiger partial charge in [0.25, 0.3) is 0 Å². The van der Waals surface area contributed by atoms with Gasteiger partial charge in [0.1, 0.15) is 0 Å². The molecule has 0 heterocycles. The number of rotatable bonds is 5. The summed E-state index contributed by atoms with van der Waals surface area (Å²) in [6, 6.07) is 0. The first-order valence-electron chi connectivity index (χ1n) is 6.93. The van der Waals surface area contributed by atoms with E-state index in [1.54, 1.807) is 0 Å². The molecule has 0 bridgehead atoms. The Balaban J connectivity index is 2.65. The molecule has 3 atom stereocenters. The van der Waals surface area contributed by atoms with Crippen LogP contribution in [0.4, 0.5) is 0 Å². The van der Waals surface area contributed by atoms with Crippen molar-refractivity contribution in [1.82, 2.24) is 5.32 Å². The molecule has 0 aromatic heterocycles. The van der Waals surface area contributed by atoms with Crippen LogP contribution in [0.25, 0.3) is 0 Å². The molecule has 1 aliphatic carbocycles. The van der Waals surface area contributed by atoms with Crippen LogP contribution in [0.1, 0.15) is 53.4 Å². The molecule has 0 radical (unpaired) electrons. The van der Waals surface area contributed by atoms with Gasteiger partial charge in [-0.25, -0.2) is 0 Å². The molecule has 0 aromatic rings. The Hall–Kier alpha value is -0.570. The Labute approximate surface area is 105 Å². The number of ether oxygens (including phenoxy) is 1. The topological polar surface area (TPSA) is 38.3 Å². The zero-order valence-electron chi connectivity index (χ0n) is 11.7. The van der Waals surface area contributed by atoms with E-state index < -0.39 is 0 Å². The molecule has 0 spiro atoms. The van der Waals surface area contributed by atoms with Crippen molar-refractivity contribution in [3.05, 3.63) is 0 Å². The fraction of sp³-hybridized carbons (Fsp3) is 0.929. The number of hydrogen-bond donors (Lipinski definition) is 1. The molecule has 3 heteroatoms. The van der Waals surface area contributed by atoms with Crippen LogP contribution in [-0.2, 0) is 9.53 Å². The minimum absolute atomic E-state index is 0.0209. The monoisotopic (exact) mass is 241 g/mol. The molecule has 3 nitrogen and oxygen atoms in total. The highest BCUT2D eigenvalue weighted by atomic mass is 16.5. The van der Waals surface area contributed by atoms with Crippen LogP contribution in [0.15, 0.2) is 0 Å². The summed E-state index contributed by atoms with van der Waals surface area (Å²) in [5, 5.41) is 3.54. The summed E-state index contributed by atoms with van der Waals surface area (Å²) < 4.78 is 5.10. The summed E-state index contributed by atoms with van der Waals surface area (Å²) in [5.74, 6) is 1.39. The molecule has 0 amide bonds. The number of carbonyl (C=O) groups excluding carboxylic acids is 1. The van der Waals surface area contributed by atoms with Gasteiger partial charge in [-0.2, -0.15) is 0 Å². The number of esters is 1. The van der Waals surface area contributed by atoms with Gasteiger partial charge in [0.15, 0.2) is 0 Å². The first-order valence-corrected chi connectivity index (χ1v) is 6.93. The average molecular weight is 241 g/mol. The lowest BCUT2D eigenvalue weighted by atomic mass is 9.70. The van der Waals surface area contributed by atoms with Gasteiger partial charge in [0.05, 0.1) is 13.0 Å². The normalized spacial score (nSPS) is 33.4. The van der Waals surface area contributed by atoms with Gasteiger partial charge in [-0.1, -0.05) is 20.8 Å². The Kier molecular flexibility index (Phi) is 5.44. The van der Waals surface area contributed by atoms with Gasteiger partial charge in [0.2, 0.25) is 0 Å². The fourth-order valence-electron chi connectivity index (χ4n) is 2.95. The first-order chi connectivity index (χ1) is 8.03. The largest absolute Gasteiger partial charge is 0.466 e. The van der Waals surface area contributed by atoms with Gasteiger partial charge in [0, 0.05) is 5.54 Å². The summed E-state index contributed by atoms with van der Waals surface area (Å²) in [6.07, 6.45) is 3.89. The molecule has 1 fully saturated rings. The average Bonchev–Trinajstić information content (AvgIpc) is 2.25. The predicted octanol–water partition coefficient (Wildman–Crippen LogP) is 2.74. The van der Waals surface area contributed by atoms with E-state index in [0.29, 0.717) is 18.9 Å². The van der Waals surface area contributed by atoms with E-state index in [9.17, 15) is 4.79 Å². The summed E-state index contributed by atoms with van der Waals surface area (Å²) in [6.45, 7) is 9.97. The standard InChI is InChI=1S/C14H27NO2/c1-5-15-14(10-13(16)17-6-2)8-7-11(3)12(4)9-14/h11-12,15H,5-10H2,1-4H3. The summed E-state index contributed by atoms with van der Waals surface area (Å²) in [4.78, 5) is 11.7. The van der Waals surface area contributed by atoms with Crippen molar-refractivity contribution in [2.45, 2.75) is 58.9 Å². The van der Waals surface area contributed by atoms with Crippen molar-refractivity contribution in [3.63, 3.8) is 0 Å². The Morgan fingerprint density at radius 2 is 2.06 bits per heavy atom. The van der Waals surface area contributed by atoms with Crippen LogP contribution in [0.5, 0.6) is 0 Å². The maximum atomic E-state index is 11.7. The maximum absolute atomic E-state index is 11.7. The lowest BCUT2D eigenvalue weighted by Gasteiger charge is -2.43. The van der Waals surface area contributed by atoms with Gasteiger partial charge in [-0.05, 0) is 44.6 Å². The second-order valence-corrected chi connectivity index (χ2v) is 5.49. The fourth-order valence-corrected chi connectivity index (χ4v) is 2.95. The molecule has 1 saturated carbocycles. The minimum Gasteiger partial charge on any atom is -0.466 e. The van der Waals surface area contributed by atoms with Crippen molar-refractivity contribution in [2.75, 3.05) is 13.2 Å². The molecule has 17 heavy (non-hydrogen) atoms. The summed E-state index contributed by atoms with van der Waals surface area (Å²) in [7, 11) is 0. The molecular formula is C14H27NO2. The first kappa shape index (κ1) is 14.5. The minimum atomic E-state index is -0.0600. The summed E-state index contributed by atoms with van der Waals surface area (Å²) >= 11 is 0. The quantitative estimate of drug-likeness (QED) is 0.752. The number of nitrogens with one attached hydrogen (secondary N) is 1. The maximum Gasteiger partial charge on any atom is 0.307 e. The van der Waals surface area contributed by atoms with E-state index in [1.807, 2.05) is 6.92 Å². The van der Waals surface area contributed by atoms with Crippen LogP contribution in [0.2, 0.25) is 0 Å². The van der Waals surface area contributed by atoms with E-state index in [0.717, 1.165) is 25.3 Å². The van der Waals surface area contributed by atoms with Crippen molar-refractivity contribution in [1.29, 1.82) is 0 Å². The van der Waals surface area contributed by atoms with Gasteiger partial charge in [-0.15, -0.1) is 0 Å². The smallest absolute Gasteiger partial charge is 0.307 e. The van der Waals surface area contributed by atoms with E-state index in [2.05, 4.69) is 26.1 Å². The van der Waals surface area contributed by atoms with Crippen LogP contribution >= 0.6 is 0 Å². The third-order valence-electron chi connectivity index (χ3n) is 4.10. The zero-order chi connectivity index (χ0) is 12.9. The van der Waals surface area contributed by atoms with Crippen molar-refractivity contribution in [2.24, 2.45) is 11.8 Å². The highest BCUT2D eigenvalue weighted by Crippen LogP contribution is 2.38. The third-order valence-corrected chi connectivity index (χ3v) is 4.10. The summed E-state index contributed by atoms with van der Waals surface area (Å²) in [5.41, 5.74) is -0.0209. The molecule has 1 rings (SSSR count). The molecule has 1 aliphatic rings. The van der Waals surface area contributed by atoms with Crippen LogP contribution < -0.4 is 5.32 Å². The molecular weight excluding hydrogens is 214 g/mol. The van der Waals surface area contributed by atoms with Crippen molar-refractivity contribution >= 4 is 5.97 Å². The van der Waals surface area contributed by atoms with Crippen LogP contribution in [-0.4, -0.2) is 24.7 Å². The van der Waals surface area contributed by atoms with Crippen molar-refractivity contribution < 1.29 is 9.53 Å². The van der Waals surface area contributed by atoms with Gasteiger partial charge < -0.3 is 10.1 Å². The Morgan fingerprint density at radius 3 is 2.59 bits per heavy atom. The molecule has 0 saturated heterocycles. The van der Waals surface area contributed by atoms with Gasteiger partial charge >= 0.3 is 5.97 Å². The Bertz CT molecular complexity index is 255. The van der Waals surface area contributed by atoms with E-state index in [1.165, 1.54) is 6.42 Å². The van der Waals surface area contributed by atoms with E-state index >= 15 is 0 Å².